The number of fused-ring (bicyclic) bond motifs is 1. The van der Waals surface area contributed by atoms with E-state index < -0.39 is 0 Å². The van der Waals surface area contributed by atoms with Crippen LogP contribution in [0.5, 0.6) is 5.75 Å². The minimum atomic E-state index is -0.250. The summed E-state index contributed by atoms with van der Waals surface area (Å²) in [4.78, 5) is 29.8. The molecular formula is C26H27N3O3. The predicted octanol–water partition coefficient (Wildman–Crippen LogP) is 5.10. The number of benzene rings is 3. The molecular weight excluding hydrogens is 402 g/mol. The van der Waals surface area contributed by atoms with Crippen molar-refractivity contribution < 1.29 is 14.3 Å². The second-order valence-electron chi connectivity index (χ2n) is 7.90. The van der Waals surface area contributed by atoms with Gasteiger partial charge in [0.25, 0.3) is 0 Å². The topological polar surface area (TPSA) is 61.9 Å². The largest absolute Gasteiger partial charge is 0.497 e. The van der Waals surface area contributed by atoms with Gasteiger partial charge in [0.2, 0.25) is 5.91 Å². The van der Waals surface area contributed by atoms with Crippen LogP contribution in [0.3, 0.4) is 0 Å². The summed E-state index contributed by atoms with van der Waals surface area (Å²) in [5, 5.41) is 2.99. The van der Waals surface area contributed by atoms with Crippen molar-refractivity contribution in [2.24, 2.45) is 0 Å². The summed E-state index contributed by atoms with van der Waals surface area (Å²) in [5.74, 6) is 0.611. The number of hydrogen-bond donors (Lipinski definition) is 1. The lowest BCUT2D eigenvalue weighted by atomic mass is 9.90. The molecule has 32 heavy (non-hydrogen) atoms. The van der Waals surface area contributed by atoms with Crippen LogP contribution >= 0.6 is 0 Å². The standard InChI is InChI=1S/C26H27N3O3/c1-18-25(29(19(2)30)22-12-5-4-6-13-22)16-20-10-7-8-15-24(20)28(18)26(31)27-21-11-9-14-23(17-21)32-3/h4-15,17-18,25H,16H2,1-3H3,(H,27,31). The highest BCUT2D eigenvalue weighted by atomic mass is 16.5. The van der Waals surface area contributed by atoms with E-state index in [4.69, 9.17) is 4.74 Å². The summed E-state index contributed by atoms with van der Waals surface area (Å²) in [5.41, 5.74) is 3.35. The van der Waals surface area contributed by atoms with Crippen molar-refractivity contribution in [1.82, 2.24) is 0 Å². The van der Waals surface area contributed by atoms with E-state index in [9.17, 15) is 9.59 Å². The number of amides is 3. The molecule has 0 aromatic heterocycles. The van der Waals surface area contributed by atoms with Gasteiger partial charge in [-0.1, -0.05) is 42.5 Å². The molecule has 6 nitrogen and oxygen atoms in total. The fraction of sp³-hybridized carbons (Fsp3) is 0.231. The first-order valence-corrected chi connectivity index (χ1v) is 10.7. The molecule has 0 aliphatic carbocycles. The third-order valence-electron chi connectivity index (χ3n) is 5.89. The van der Waals surface area contributed by atoms with Gasteiger partial charge in [0, 0.05) is 30.1 Å². The van der Waals surface area contributed by atoms with Gasteiger partial charge in [0.15, 0.2) is 0 Å². The van der Waals surface area contributed by atoms with Gasteiger partial charge in [0.05, 0.1) is 19.2 Å². The van der Waals surface area contributed by atoms with Gasteiger partial charge in [-0.3, -0.25) is 9.69 Å². The van der Waals surface area contributed by atoms with Crippen LogP contribution in [0, 0.1) is 0 Å². The van der Waals surface area contributed by atoms with Crippen LogP contribution in [0.15, 0.2) is 78.9 Å². The van der Waals surface area contributed by atoms with E-state index in [1.54, 1.807) is 29.9 Å². The number of rotatable bonds is 4. The Morgan fingerprint density at radius 3 is 2.44 bits per heavy atom. The van der Waals surface area contributed by atoms with Crippen molar-refractivity contribution in [3.63, 3.8) is 0 Å². The maximum absolute atomic E-state index is 13.5. The highest BCUT2D eigenvalue weighted by molar-refractivity contribution is 6.04. The third kappa shape index (κ3) is 4.17. The number of ether oxygens (including phenoxy) is 1. The van der Waals surface area contributed by atoms with Crippen LogP contribution in [0.4, 0.5) is 21.9 Å². The maximum atomic E-state index is 13.5. The summed E-state index contributed by atoms with van der Waals surface area (Å²) in [6.07, 6.45) is 0.661. The van der Waals surface area contributed by atoms with Crippen LogP contribution in [-0.4, -0.2) is 31.1 Å². The Morgan fingerprint density at radius 1 is 1.00 bits per heavy atom. The number of anilines is 3. The molecule has 3 amide bonds. The lowest BCUT2D eigenvalue weighted by Crippen LogP contribution is -2.58. The first kappa shape index (κ1) is 21.4. The average Bonchev–Trinajstić information content (AvgIpc) is 2.80. The molecule has 1 aliphatic heterocycles. The van der Waals surface area contributed by atoms with Crippen LogP contribution in [0.25, 0.3) is 0 Å². The number of nitrogens with one attached hydrogen (secondary N) is 1. The molecule has 1 N–H and O–H groups in total. The van der Waals surface area contributed by atoms with E-state index in [2.05, 4.69) is 5.32 Å². The number of methoxy groups -OCH3 is 1. The Hall–Kier alpha value is -3.80. The molecule has 2 unspecified atom stereocenters. The summed E-state index contributed by atoms with van der Waals surface area (Å²) in [7, 11) is 1.59. The second kappa shape index (κ2) is 9.14. The Kier molecular flexibility index (Phi) is 6.12. The fourth-order valence-electron chi connectivity index (χ4n) is 4.39. The molecule has 2 atom stereocenters. The Labute approximate surface area is 188 Å². The number of urea groups is 1. The zero-order chi connectivity index (χ0) is 22.7. The molecule has 6 heteroatoms. The lowest BCUT2D eigenvalue weighted by molar-refractivity contribution is -0.117. The molecule has 0 fully saturated rings. The monoisotopic (exact) mass is 429 g/mol. The van der Waals surface area contributed by atoms with Gasteiger partial charge in [-0.2, -0.15) is 0 Å². The Balaban J connectivity index is 1.71. The van der Waals surface area contributed by atoms with Gasteiger partial charge in [-0.05, 0) is 49.2 Å². The molecule has 3 aromatic rings. The number of hydrogen-bond acceptors (Lipinski definition) is 3. The van der Waals surface area contributed by atoms with Gasteiger partial charge in [0.1, 0.15) is 5.75 Å². The predicted molar refractivity (Wildman–Crippen MR) is 127 cm³/mol. The van der Waals surface area contributed by atoms with Crippen LogP contribution in [0.2, 0.25) is 0 Å². The first-order valence-electron chi connectivity index (χ1n) is 10.7. The molecule has 164 valence electrons. The molecule has 0 radical (unpaired) electrons. The van der Waals surface area contributed by atoms with Crippen molar-refractivity contribution in [3.8, 4) is 5.75 Å². The van der Waals surface area contributed by atoms with Crippen molar-refractivity contribution in [3.05, 3.63) is 84.4 Å². The number of carbonyl (C=O) groups is 2. The van der Waals surface area contributed by atoms with Gasteiger partial charge >= 0.3 is 6.03 Å². The van der Waals surface area contributed by atoms with Gasteiger partial charge in [-0.15, -0.1) is 0 Å². The summed E-state index contributed by atoms with van der Waals surface area (Å²) < 4.78 is 5.27. The van der Waals surface area contributed by atoms with E-state index in [1.807, 2.05) is 79.7 Å². The first-order chi connectivity index (χ1) is 15.5. The number of para-hydroxylation sites is 2. The minimum Gasteiger partial charge on any atom is -0.497 e. The SMILES string of the molecule is COc1cccc(NC(=O)N2c3ccccc3CC(N(C(C)=O)c3ccccc3)C2C)c1. The van der Waals surface area contributed by atoms with Crippen LogP contribution in [0.1, 0.15) is 19.4 Å². The van der Waals surface area contributed by atoms with E-state index in [-0.39, 0.29) is 24.0 Å². The van der Waals surface area contributed by atoms with Crippen LogP contribution < -0.4 is 19.9 Å². The van der Waals surface area contributed by atoms with E-state index in [1.165, 1.54) is 0 Å². The van der Waals surface area contributed by atoms with E-state index in [0.29, 0.717) is 17.9 Å². The van der Waals surface area contributed by atoms with Gasteiger partial charge in [-0.25, -0.2) is 4.79 Å². The molecule has 0 spiro atoms. The molecule has 0 saturated carbocycles. The van der Waals surface area contributed by atoms with Crippen molar-refractivity contribution in [1.29, 1.82) is 0 Å². The summed E-state index contributed by atoms with van der Waals surface area (Å²) in [6, 6.07) is 24.0. The fourth-order valence-corrected chi connectivity index (χ4v) is 4.39. The Bertz CT molecular complexity index is 1120. The highest BCUT2D eigenvalue weighted by Gasteiger charge is 2.39. The van der Waals surface area contributed by atoms with Crippen LogP contribution in [-0.2, 0) is 11.2 Å². The number of nitrogens with zero attached hydrogens (tertiary/aromatic N) is 2. The molecule has 3 aromatic carbocycles. The molecule has 1 aliphatic rings. The van der Waals surface area contributed by atoms with Crippen molar-refractivity contribution >= 4 is 29.0 Å². The lowest BCUT2D eigenvalue weighted by Gasteiger charge is -2.45. The second-order valence-corrected chi connectivity index (χ2v) is 7.90. The van der Waals surface area contributed by atoms with E-state index in [0.717, 1.165) is 16.9 Å². The molecule has 0 bridgehead atoms. The molecule has 0 saturated heterocycles. The molecule has 4 rings (SSSR count). The quantitative estimate of drug-likeness (QED) is 0.628. The third-order valence-corrected chi connectivity index (χ3v) is 5.89. The number of carbonyl (C=O) groups excluding carboxylic acids is 2. The van der Waals surface area contributed by atoms with Gasteiger partial charge < -0.3 is 15.0 Å². The highest BCUT2D eigenvalue weighted by Crippen LogP contribution is 2.35. The van der Waals surface area contributed by atoms with Crippen molar-refractivity contribution in [2.45, 2.75) is 32.4 Å². The molecule has 1 heterocycles. The zero-order valence-corrected chi connectivity index (χ0v) is 18.5. The average molecular weight is 430 g/mol. The zero-order valence-electron chi connectivity index (χ0n) is 18.5. The summed E-state index contributed by atoms with van der Waals surface area (Å²) >= 11 is 0. The minimum absolute atomic E-state index is 0.0550. The normalized spacial score (nSPS) is 17.3. The smallest absolute Gasteiger partial charge is 0.326 e. The summed E-state index contributed by atoms with van der Waals surface area (Å²) in [6.45, 7) is 3.56. The maximum Gasteiger partial charge on any atom is 0.326 e. The Morgan fingerprint density at radius 2 is 1.72 bits per heavy atom. The van der Waals surface area contributed by atoms with E-state index >= 15 is 0 Å². The van der Waals surface area contributed by atoms with Crippen molar-refractivity contribution in [2.75, 3.05) is 22.2 Å².